The van der Waals surface area contributed by atoms with Crippen LogP contribution in [0.15, 0.2) is 91.0 Å². The van der Waals surface area contributed by atoms with Gasteiger partial charge in [0.15, 0.2) is 0 Å². The van der Waals surface area contributed by atoms with Crippen molar-refractivity contribution < 1.29 is 49.3 Å². The van der Waals surface area contributed by atoms with E-state index in [0.717, 1.165) is 16.7 Å². The number of hydrogen-bond donors (Lipinski definition) is 8. The highest BCUT2D eigenvalue weighted by atomic mass is 16.5. The molecule has 0 aromatic heterocycles. The average molecular weight is 668 g/mol. The summed E-state index contributed by atoms with van der Waals surface area (Å²) in [5.41, 5.74) is 2.50. The maximum Gasteiger partial charge on any atom is 0.317 e. The molecule has 4 unspecified atom stereocenters. The van der Waals surface area contributed by atoms with Crippen LogP contribution in [0.25, 0.3) is 0 Å². The van der Waals surface area contributed by atoms with Crippen LogP contribution in [0.4, 0.5) is 0 Å². The van der Waals surface area contributed by atoms with Gasteiger partial charge < -0.3 is 45.1 Å². The molecule has 0 amide bonds. The van der Waals surface area contributed by atoms with Crippen molar-refractivity contribution in [2.75, 3.05) is 26.3 Å². The molecule has 0 bridgehead atoms. The number of benzene rings is 3. The van der Waals surface area contributed by atoms with Crippen molar-refractivity contribution in [2.24, 2.45) is 0 Å². The van der Waals surface area contributed by atoms with E-state index in [1.54, 1.807) is 0 Å². The highest BCUT2D eigenvalue weighted by molar-refractivity contribution is 5.69. The van der Waals surface area contributed by atoms with Crippen LogP contribution in [0.2, 0.25) is 0 Å². The van der Waals surface area contributed by atoms with Gasteiger partial charge in [0.1, 0.15) is 0 Å². The van der Waals surface area contributed by atoms with Gasteiger partial charge in [0.05, 0.1) is 94.7 Å². The Hall–Kier alpha value is -3.76. The van der Waals surface area contributed by atoms with Crippen LogP contribution in [0, 0.1) is 0 Å². The Labute approximate surface area is 279 Å². The normalized spacial score (nSPS) is 23.7. The van der Waals surface area contributed by atoms with Crippen molar-refractivity contribution in [2.45, 2.75) is 68.4 Å². The largest absolute Gasteiger partial charge is 0.480 e. The molecule has 0 saturated heterocycles. The molecule has 0 heterocycles. The van der Waals surface area contributed by atoms with Crippen molar-refractivity contribution in [3.63, 3.8) is 0 Å². The lowest BCUT2D eigenvalue weighted by Gasteiger charge is -2.52. The third-order valence-corrected chi connectivity index (χ3v) is 8.21. The van der Waals surface area contributed by atoms with E-state index in [2.05, 4.69) is 16.0 Å². The first-order valence-electron chi connectivity index (χ1n) is 15.8. The van der Waals surface area contributed by atoms with Crippen molar-refractivity contribution in [3.8, 4) is 0 Å². The van der Waals surface area contributed by atoms with Crippen LogP contribution in [0.1, 0.15) is 16.7 Å². The second-order valence-corrected chi connectivity index (χ2v) is 11.6. The molecule has 3 aromatic carbocycles. The van der Waals surface area contributed by atoms with Crippen molar-refractivity contribution in [1.29, 1.82) is 0 Å². The van der Waals surface area contributed by atoms with Gasteiger partial charge in [-0.3, -0.25) is 20.2 Å². The second-order valence-electron chi connectivity index (χ2n) is 11.6. The summed E-state index contributed by atoms with van der Waals surface area (Å²) in [6.07, 6.45) is -4.12. The summed E-state index contributed by atoms with van der Waals surface area (Å²) >= 11 is 0. The lowest BCUT2D eigenvalue weighted by Crippen LogP contribution is -2.76. The molecule has 48 heavy (non-hydrogen) atoms. The molecule has 1 fully saturated rings. The number of rotatable bonds is 20. The summed E-state index contributed by atoms with van der Waals surface area (Å²) in [4.78, 5) is 23.8. The number of hydrogen-bond acceptors (Lipinski definition) is 11. The fraction of sp³-hybridized carbons (Fsp3) is 0.429. The Morgan fingerprint density at radius 3 is 1.25 bits per heavy atom. The Kier molecular flexibility index (Phi) is 14.9. The van der Waals surface area contributed by atoms with Crippen molar-refractivity contribution >= 4 is 11.9 Å². The predicted molar refractivity (Wildman–Crippen MR) is 175 cm³/mol. The molecule has 8 N–H and O–H groups in total. The monoisotopic (exact) mass is 667 g/mol. The molecular formula is C35H45N3O10. The average Bonchev–Trinajstić information content (AvgIpc) is 3.10. The zero-order valence-corrected chi connectivity index (χ0v) is 26.5. The Bertz CT molecular complexity index is 1300. The molecule has 0 radical (unpaired) electrons. The minimum absolute atomic E-state index is 0.102. The maximum absolute atomic E-state index is 11.9. The molecular weight excluding hydrogens is 622 g/mol. The van der Waals surface area contributed by atoms with E-state index in [0.29, 0.717) is 0 Å². The van der Waals surface area contributed by atoms with E-state index in [1.165, 1.54) is 0 Å². The second kappa shape index (κ2) is 19.3. The molecule has 13 nitrogen and oxygen atoms in total. The molecule has 0 aliphatic heterocycles. The summed E-state index contributed by atoms with van der Waals surface area (Å²) in [5, 5.41) is 59.4. The summed E-state index contributed by atoms with van der Waals surface area (Å²) in [5.74, 6) is -2.27. The van der Waals surface area contributed by atoms with Crippen molar-refractivity contribution in [3.05, 3.63) is 108 Å². The number of nitrogens with one attached hydrogen (secondary N) is 3. The SMILES string of the molecule is O=C(O)CN[C@@H]1C(OCc2ccccc2)[C@@H](NCC(=O)O)[C@@H](OCc2ccccc2)C(NC(CO)C(O)CO)[C@H]1OCc1ccccc1. The molecule has 260 valence electrons. The third kappa shape index (κ3) is 10.9. The highest BCUT2D eigenvalue weighted by Gasteiger charge is 2.53. The first-order valence-corrected chi connectivity index (χ1v) is 15.8. The minimum Gasteiger partial charge on any atom is -0.480 e. The van der Waals surface area contributed by atoms with Crippen molar-refractivity contribution in [1.82, 2.24) is 16.0 Å². The van der Waals surface area contributed by atoms with Gasteiger partial charge in [-0.25, -0.2) is 0 Å². The number of aliphatic carboxylic acids is 2. The van der Waals surface area contributed by atoms with Gasteiger partial charge in [-0.15, -0.1) is 0 Å². The quantitative estimate of drug-likeness (QED) is 0.0830. The molecule has 1 saturated carbocycles. The molecule has 8 atom stereocenters. The lowest BCUT2D eigenvalue weighted by molar-refractivity contribution is -0.169. The van der Waals surface area contributed by atoms with E-state index in [9.17, 15) is 35.1 Å². The summed E-state index contributed by atoms with van der Waals surface area (Å²) < 4.78 is 19.7. The maximum atomic E-state index is 11.9. The first-order chi connectivity index (χ1) is 23.3. The summed E-state index contributed by atoms with van der Waals surface area (Å²) in [6, 6.07) is 24.3. The van der Waals surface area contributed by atoms with Gasteiger partial charge >= 0.3 is 11.9 Å². The van der Waals surface area contributed by atoms with E-state index < -0.39 is 86.8 Å². The predicted octanol–water partition coefficient (Wildman–Crippen LogP) is 0.514. The van der Waals surface area contributed by atoms with Crippen LogP contribution < -0.4 is 16.0 Å². The summed E-state index contributed by atoms with van der Waals surface area (Å²) in [7, 11) is 0. The van der Waals surface area contributed by atoms with Crippen LogP contribution in [-0.4, -0.2) is 112 Å². The van der Waals surface area contributed by atoms with Crippen LogP contribution in [0.3, 0.4) is 0 Å². The fourth-order valence-electron chi connectivity index (χ4n) is 5.88. The number of carboxylic acids is 2. The van der Waals surface area contributed by atoms with E-state index in [-0.39, 0.29) is 19.8 Å². The van der Waals surface area contributed by atoms with E-state index in [4.69, 9.17) is 14.2 Å². The van der Waals surface area contributed by atoms with Gasteiger partial charge in [-0.05, 0) is 16.7 Å². The lowest BCUT2D eigenvalue weighted by atomic mass is 9.78. The van der Waals surface area contributed by atoms with Gasteiger partial charge in [-0.2, -0.15) is 0 Å². The summed E-state index contributed by atoms with van der Waals surface area (Å²) in [6.45, 7) is -1.85. The molecule has 4 rings (SSSR count). The Balaban J connectivity index is 1.82. The molecule has 3 aromatic rings. The molecule has 13 heteroatoms. The van der Waals surface area contributed by atoms with Gasteiger partial charge in [0, 0.05) is 0 Å². The smallest absolute Gasteiger partial charge is 0.317 e. The number of carboxylic acid groups (broad SMARTS) is 2. The minimum atomic E-state index is -1.37. The number of aliphatic hydroxyl groups is 3. The molecule has 0 spiro atoms. The Morgan fingerprint density at radius 1 is 0.583 bits per heavy atom. The third-order valence-electron chi connectivity index (χ3n) is 8.21. The zero-order valence-electron chi connectivity index (χ0n) is 26.5. The van der Waals surface area contributed by atoms with Gasteiger partial charge in [0.2, 0.25) is 0 Å². The van der Waals surface area contributed by atoms with E-state index >= 15 is 0 Å². The fourth-order valence-corrected chi connectivity index (χ4v) is 5.88. The standard InChI is InChI=1S/C35H45N3O10/c39-18-26(27(41)19-40)38-32-34(47-21-24-12-6-2-7-13-24)30(36-16-28(42)43)33(46-20-23-10-4-1-5-11-23)31(37-17-29(44)45)35(32)48-22-25-14-8-3-9-15-25/h1-15,26-27,30-41H,16-22H2,(H,42,43)(H,44,45)/t26?,27?,30-,31-,32?,33?,34-,35+/m1/s1. The topological polar surface area (TPSA) is 199 Å². The highest BCUT2D eigenvalue weighted by Crippen LogP contribution is 2.31. The number of carbonyl (C=O) groups is 2. The first kappa shape index (κ1) is 37.1. The zero-order chi connectivity index (χ0) is 34.3. The van der Waals surface area contributed by atoms with Gasteiger partial charge in [-0.1, -0.05) is 91.0 Å². The van der Waals surface area contributed by atoms with Gasteiger partial charge in [0.25, 0.3) is 0 Å². The molecule has 1 aliphatic carbocycles. The molecule has 1 aliphatic rings. The number of ether oxygens (including phenoxy) is 3. The van der Waals surface area contributed by atoms with Crippen LogP contribution >= 0.6 is 0 Å². The number of aliphatic hydroxyl groups excluding tert-OH is 3. The van der Waals surface area contributed by atoms with Crippen LogP contribution in [0.5, 0.6) is 0 Å². The van der Waals surface area contributed by atoms with E-state index in [1.807, 2.05) is 91.0 Å². The Morgan fingerprint density at radius 2 is 0.938 bits per heavy atom. The van der Waals surface area contributed by atoms with Crippen LogP contribution in [-0.2, 0) is 43.6 Å².